The summed E-state index contributed by atoms with van der Waals surface area (Å²) in [6.07, 6.45) is 0.925. The lowest BCUT2D eigenvalue weighted by atomic mass is 10.0. The van der Waals surface area contributed by atoms with E-state index in [-0.39, 0.29) is 11.9 Å². The van der Waals surface area contributed by atoms with Crippen LogP contribution >= 0.6 is 0 Å². The third-order valence-corrected chi connectivity index (χ3v) is 2.27. The highest BCUT2D eigenvalue weighted by molar-refractivity contribution is 5.20. The molecular weight excluding hydrogens is 189 g/mol. The van der Waals surface area contributed by atoms with E-state index in [1.54, 1.807) is 12.1 Å². The van der Waals surface area contributed by atoms with Crippen LogP contribution in [0.25, 0.3) is 0 Å². The molecule has 1 rings (SSSR count). The molecule has 1 unspecified atom stereocenters. The summed E-state index contributed by atoms with van der Waals surface area (Å²) in [5.74, 6) is 5.58. The van der Waals surface area contributed by atoms with Crippen molar-refractivity contribution in [2.75, 3.05) is 6.54 Å². The molecule has 1 N–H and O–H groups in total. The monoisotopic (exact) mass is 205 g/mol. The topological polar surface area (TPSA) is 12.0 Å². The predicted molar refractivity (Wildman–Crippen MR) is 60.9 cm³/mol. The highest BCUT2D eigenvalue weighted by Gasteiger charge is 2.07. The molecular formula is C13H16FN. The largest absolute Gasteiger partial charge is 0.299 e. The SMILES string of the molecule is CC#CCNC(CC)c1cccc(F)c1. The van der Waals surface area contributed by atoms with Crippen LogP contribution in [-0.4, -0.2) is 6.54 Å². The fourth-order valence-corrected chi connectivity index (χ4v) is 1.48. The number of nitrogens with one attached hydrogen (secondary N) is 1. The van der Waals surface area contributed by atoms with Gasteiger partial charge in [-0.05, 0) is 31.0 Å². The fourth-order valence-electron chi connectivity index (χ4n) is 1.48. The third kappa shape index (κ3) is 3.73. The van der Waals surface area contributed by atoms with Gasteiger partial charge in [0.05, 0.1) is 6.54 Å². The molecule has 1 aromatic rings. The Labute approximate surface area is 90.7 Å². The van der Waals surface area contributed by atoms with Crippen LogP contribution < -0.4 is 5.32 Å². The first-order valence-electron chi connectivity index (χ1n) is 5.16. The van der Waals surface area contributed by atoms with Gasteiger partial charge in [-0.25, -0.2) is 4.39 Å². The summed E-state index contributed by atoms with van der Waals surface area (Å²) in [7, 11) is 0. The maximum Gasteiger partial charge on any atom is 0.123 e. The van der Waals surface area contributed by atoms with Gasteiger partial charge in [0.2, 0.25) is 0 Å². The Hall–Kier alpha value is -1.33. The van der Waals surface area contributed by atoms with E-state index in [4.69, 9.17) is 0 Å². The van der Waals surface area contributed by atoms with Crippen molar-refractivity contribution >= 4 is 0 Å². The molecule has 1 nitrogen and oxygen atoms in total. The molecule has 0 heterocycles. The van der Waals surface area contributed by atoms with Gasteiger partial charge in [0.1, 0.15) is 5.82 Å². The van der Waals surface area contributed by atoms with Crippen molar-refractivity contribution in [1.82, 2.24) is 5.32 Å². The fraction of sp³-hybridized carbons (Fsp3) is 0.385. The van der Waals surface area contributed by atoms with Crippen LogP contribution in [0.15, 0.2) is 24.3 Å². The lowest BCUT2D eigenvalue weighted by molar-refractivity contribution is 0.547. The molecule has 15 heavy (non-hydrogen) atoms. The van der Waals surface area contributed by atoms with Gasteiger partial charge in [-0.15, -0.1) is 5.92 Å². The Morgan fingerprint density at radius 1 is 1.47 bits per heavy atom. The van der Waals surface area contributed by atoms with E-state index in [1.165, 1.54) is 6.07 Å². The van der Waals surface area contributed by atoms with Gasteiger partial charge < -0.3 is 0 Å². The zero-order chi connectivity index (χ0) is 11.1. The van der Waals surface area contributed by atoms with E-state index in [2.05, 4.69) is 24.1 Å². The Morgan fingerprint density at radius 3 is 2.87 bits per heavy atom. The van der Waals surface area contributed by atoms with Gasteiger partial charge in [0.25, 0.3) is 0 Å². The number of benzene rings is 1. The molecule has 0 saturated heterocycles. The van der Waals surface area contributed by atoms with E-state index in [0.717, 1.165) is 12.0 Å². The van der Waals surface area contributed by atoms with Crippen molar-refractivity contribution in [3.8, 4) is 11.8 Å². The average molecular weight is 205 g/mol. The lowest BCUT2D eigenvalue weighted by Gasteiger charge is -2.15. The summed E-state index contributed by atoms with van der Waals surface area (Å²) in [6.45, 7) is 4.53. The predicted octanol–water partition coefficient (Wildman–Crippen LogP) is 2.89. The second-order valence-corrected chi connectivity index (χ2v) is 3.32. The van der Waals surface area contributed by atoms with Crippen molar-refractivity contribution in [2.24, 2.45) is 0 Å². The first-order valence-corrected chi connectivity index (χ1v) is 5.16. The van der Waals surface area contributed by atoms with Crippen LogP contribution in [0.3, 0.4) is 0 Å². The number of hydrogen-bond donors (Lipinski definition) is 1. The van der Waals surface area contributed by atoms with Gasteiger partial charge in [-0.2, -0.15) is 0 Å². The number of rotatable bonds is 4. The van der Waals surface area contributed by atoms with Crippen molar-refractivity contribution in [3.05, 3.63) is 35.6 Å². The minimum atomic E-state index is -0.186. The highest BCUT2D eigenvalue weighted by atomic mass is 19.1. The molecule has 2 heteroatoms. The van der Waals surface area contributed by atoms with Crippen LogP contribution in [0.4, 0.5) is 4.39 Å². The number of hydrogen-bond acceptors (Lipinski definition) is 1. The van der Waals surface area contributed by atoms with Crippen LogP contribution in [0.2, 0.25) is 0 Å². The van der Waals surface area contributed by atoms with E-state index in [0.29, 0.717) is 6.54 Å². The van der Waals surface area contributed by atoms with Crippen LogP contribution in [-0.2, 0) is 0 Å². The third-order valence-electron chi connectivity index (χ3n) is 2.27. The van der Waals surface area contributed by atoms with Gasteiger partial charge in [0.15, 0.2) is 0 Å². The maximum absolute atomic E-state index is 13.0. The average Bonchev–Trinajstić information content (AvgIpc) is 2.24. The van der Waals surface area contributed by atoms with Crippen LogP contribution in [0.1, 0.15) is 31.9 Å². The normalized spacial score (nSPS) is 11.7. The molecule has 0 radical (unpaired) electrons. The molecule has 1 aromatic carbocycles. The molecule has 0 aromatic heterocycles. The van der Waals surface area contributed by atoms with E-state index >= 15 is 0 Å². The highest BCUT2D eigenvalue weighted by Crippen LogP contribution is 2.16. The van der Waals surface area contributed by atoms with Crippen LogP contribution in [0, 0.1) is 17.7 Å². The Balaban J connectivity index is 2.68. The lowest BCUT2D eigenvalue weighted by Crippen LogP contribution is -2.21. The Morgan fingerprint density at radius 2 is 2.27 bits per heavy atom. The summed E-state index contributed by atoms with van der Waals surface area (Å²) in [5, 5.41) is 3.27. The second kappa shape index (κ2) is 6.21. The molecule has 0 amide bonds. The minimum absolute atomic E-state index is 0.182. The zero-order valence-corrected chi connectivity index (χ0v) is 9.18. The molecule has 0 aliphatic rings. The molecule has 0 spiro atoms. The molecule has 1 atom stereocenters. The zero-order valence-electron chi connectivity index (χ0n) is 9.18. The summed E-state index contributed by atoms with van der Waals surface area (Å²) in [6, 6.07) is 6.88. The summed E-state index contributed by atoms with van der Waals surface area (Å²) in [5.41, 5.74) is 0.982. The van der Waals surface area contributed by atoms with E-state index in [1.807, 2.05) is 13.0 Å². The molecule has 0 aliphatic heterocycles. The first-order chi connectivity index (χ1) is 7.27. The quantitative estimate of drug-likeness (QED) is 0.745. The first kappa shape index (κ1) is 11.7. The standard InChI is InChI=1S/C13H16FN/c1-3-5-9-15-13(4-2)11-7-6-8-12(14)10-11/h6-8,10,13,15H,4,9H2,1-2H3. The molecule has 0 aliphatic carbocycles. The van der Waals surface area contributed by atoms with Crippen LogP contribution in [0.5, 0.6) is 0 Å². The Kier molecular flexibility index (Phi) is 4.86. The van der Waals surface area contributed by atoms with Gasteiger partial charge in [-0.1, -0.05) is 25.0 Å². The number of halogens is 1. The molecule has 0 bridgehead atoms. The minimum Gasteiger partial charge on any atom is -0.299 e. The van der Waals surface area contributed by atoms with Crippen molar-refractivity contribution in [1.29, 1.82) is 0 Å². The molecule has 0 saturated carbocycles. The molecule has 0 fully saturated rings. The smallest absolute Gasteiger partial charge is 0.123 e. The molecule has 80 valence electrons. The summed E-state index contributed by atoms with van der Waals surface area (Å²) < 4.78 is 13.0. The Bertz CT molecular complexity index is 362. The van der Waals surface area contributed by atoms with Crippen molar-refractivity contribution in [2.45, 2.75) is 26.3 Å². The van der Waals surface area contributed by atoms with E-state index < -0.39 is 0 Å². The van der Waals surface area contributed by atoms with Gasteiger partial charge >= 0.3 is 0 Å². The second-order valence-electron chi connectivity index (χ2n) is 3.32. The van der Waals surface area contributed by atoms with Crippen molar-refractivity contribution < 1.29 is 4.39 Å². The summed E-state index contributed by atoms with van der Waals surface area (Å²) in [4.78, 5) is 0. The van der Waals surface area contributed by atoms with Crippen molar-refractivity contribution in [3.63, 3.8) is 0 Å². The van der Waals surface area contributed by atoms with E-state index in [9.17, 15) is 4.39 Å². The maximum atomic E-state index is 13.0. The summed E-state index contributed by atoms with van der Waals surface area (Å²) >= 11 is 0. The van der Waals surface area contributed by atoms with Gasteiger partial charge in [0, 0.05) is 6.04 Å². The van der Waals surface area contributed by atoms with Gasteiger partial charge in [-0.3, -0.25) is 5.32 Å².